The van der Waals surface area contributed by atoms with Crippen LogP contribution in [-0.2, 0) is 11.2 Å². The molecule has 13 heavy (non-hydrogen) atoms. The maximum atomic E-state index is 5.50. The standard InChI is InChI=1S/C12H14O/c1-2-6-11(7-3-1)10-12-8-4-5-9-13-12/h1-3,5-7,9,12H,4,8,10H2. The molecule has 1 unspecified atom stereocenters. The fourth-order valence-electron chi connectivity index (χ4n) is 1.61. The molecular formula is C12H14O. The van der Waals surface area contributed by atoms with Crippen molar-refractivity contribution in [1.29, 1.82) is 0 Å². The molecular weight excluding hydrogens is 160 g/mol. The van der Waals surface area contributed by atoms with Crippen molar-refractivity contribution in [3.8, 4) is 0 Å². The SMILES string of the molecule is C1=COC(Cc2ccccc2)CC1. The first-order chi connectivity index (χ1) is 6.45. The fraction of sp³-hybridized carbons (Fsp3) is 0.333. The predicted octanol–water partition coefficient (Wildman–Crippen LogP) is 2.92. The number of rotatable bonds is 2. The molecule has 68 valence electrons. The van der Waals surface area contributed by atoms with Crippen molar-refractivity contribution in [1.82, 2.24) is 0 Å². The summed E-state index contributed by atoms with van der Waals surface area (Å²) in [6.45, 7) is 0. The van der Waals surface area contributed by atoms with Crippen LogP contribution in [0.15, 0.2) is 42.7 Å². The summed E-state index contributed by atoms with van der Waals surface area (Å²) in [5, 5.41) is 0. The molecule has 0 aromatic heterocycles. The van der Waals surface area contributed by atoms with Crippen LogP contribution < -0.4 is 0 Å². The van der Waals surface area contributed by atoms with Crippen molar-refractivity contribution >= 4 is 0 Å². The van der Waals surface area contributed by atoms with E-state index in [-0.39, 0.29) is 0 Å². The van der Waals surface area contributed by atoms with Crippen molar-refractivity contribution < 1.29 is 4.74 Å². The molecule has 1 heterocycles. The first kappa shape index (κ1) is 8.36. The van der Waals surface area contributed by atoms with Gasteiger partial charge in [0.05, 0.1) is 6.26 Å². The normalized spacial score (nSPS) is 21.1. The number of allylic oxidation sites excluding steroid dienone is 1. The molecule has 1 nitrogen and oxygen atoms in total. The van der Waals surface area contributed by atoms with Crippen LogP contribution in [0.1, 0.15) is 18.4 Å². The molecule has 0 aliphatic carbocycles. The van der Waals surface area contributed by atoms with Gasteiger partial charge in [0.25, 0.3) is 0 Å². The molecule has 0 saturated heterocycles. The van der Waals surface area contributed by atoms with Gasteiger partial charge in [-0.2, -0.15) is 0 Å². The second-order valence-electron chi connectivity index (χ2n) is 3.40. The summed E-state index contributed by atoms with van der Waals surface area (Å²) in [5.41, 5.74) is 1.36. The van der Waals surface area contributed by atoms with Crippen LogP contribution in [0.4, 0.5) is 0 Å². The van der Waals surface area contributed by atoms with E-state index in [1.165, 1.54) is 5.56 Å². The third kappa shape index (κ3) is 2.35. The molecule has 0 radical (unpaired) electrons. The highest BCUT2D eigenvalue weighted by Crippen LogP contribution is 2.15. The zero-order valence-corrected chi connectivity index (χ0v) is 7.65. The van der Waals surface area contributed by atoms with Crippen molar-refractivity contribution in [2.24, 2.45) is 0 Å². The topological polar surface area (TPSA) is 9.23 Å². The van der Waals surface area contributed by atoms with E-state index in [0.29, 0.717) is 6.10 Å². The highest BCUT2D eigenvalue weighted by Gasteiger charge is 2.10. The summed E-state index contributed by atoms with van der Waals surface area (Å²) in [7, 11) is 0. The molecule has 1 aliphatic rings. The van der Waals surface area contributed by atoms with Crippen molar-refractivity contribution in [2.45, 2.75) is 25.4 Å². The molecule has 0 amide bonds. The molecule has 1 aromatic carbocycles. The van der Waals surface area contributed by atoms with Crippen LogP contribution in [0.2, 0.25) is 0 Å². The second-order valence-corrected chi connectivity index (χ2v) is 3.40. The zero-order chi connectivity index (χ0) is 8.93. The summed E-state index contributed by atoms with van der Waals surface area (Å²) in [6.07, 6.45) is 7.62. The second kappa shape index (κ2) is 4.13. The van der Waals surface area contributed by atoms with Crippen LogP contribution in [-0.4, -0.2) is 6.10 Å². The van der Waals surface area contributed by atoms with E-state index in [2.05, 4.69) is 30.3 Å². The summed E-state index contributed by atoms with van der Waals surface area (Å²) in [6, 6.07) is 10.5. The van der Waals surface area contributed by atoms with Crippen LogP contribution in [0, 0.1) is 0 Å². The van der Waals surface area contributed by atoms with Crippen LogP contribution in [0.25, 0.3) is 0 Å². The van der Waals surface area contributed by atoms with Gasteiger partial charge in [-0.3, -0.25) is 0 Å². The molecule has 0 N–H and O–H groups in total. The molecule has 0 bridgehead atoms. The maximum Gasteiger partial charge on any atom is 0.102 e. The quantitative estimate of drug-likeness (QED) is 0.669. The van der Waals surface area contributed by atoms with Crippen LogP contribution in [0.5, 0.6) is 0 Å². The molecule has 0 saturated carbocycles. The number of hydrogen-bond donors (Lipinski definition) is 0. The van der Waals surface area contributed by atoms with E-state index in [1.54, 1.807) is 0 Å². The summed E-state index contributed by atoms with van der Waals surface area (Å²) in [5.74, 6) is 0. The third-order valence-electron chi connectivity index (χ3n) is 2.33. The number of benzene rings is 1. The van der Waals surface area contributed by atoms with Gasteiger partial charge in [0.2, 0.25) is 0 Å². The Hall–Kier alpha value is -1.24. The molecule has 1 heteroatoms. The monoisotopic (exact) mass is 174 g/mol. The largest absolute Gasteiger partial charge is 0.498 e. The average molecular weight is 174 g/mol. The Morgan fingerprint density at radius 3 is 2.77 bits per heavy atom. The van der Waals surface area contributed by atoms with Gasteiger partial charge in [-0.1, -0.05) is 30.3 Å². The van der Waals surface area contributed by atoms with Gasteiger partial charge in [-0.05, 0) is 24.5 Å². The first-order valence-electron chi connectivity index (χ1n) is 4.79. The molecule has 1 aliphatic heterocycles. The first-order valence-corrected chi connectivity index (χ1v) is 4.79. The highest BCUT2D eigenvalue weighted by molar-refractivity contribution is 5.15. The number of hydrogen-bond acceptors (Lipinski definition) is 1. The molecule has 1 atom stereocenters. The van der Waals surface area contributed by atoms with Gasteiger partial charge < -0.3 is 4.74 Å². The lowest BCUT2D eigenvalue weighted by atomic mass is 10.0. The molecule has 0 fully saturated rings. The predicted molar refractivity (Wildman–Crippen MR) is 53.4 cm³/mol. The van der Waals surface area contributed by atoms with Crippen molar-refractivity contribution in [3.63, 3.8) is 0 Å². The van der Waals surface area contributed by atoms with Gasteiger partial charge in [0.15, 0.2) is 0 Å². The van der Waals surface area contributed by atoms with Gasteiger partial charge in [-0.25, -0.2) is 0 Å². The number of ether oxygens (including phenoxy) is 1. The van der Waals surface area contributed by atoms with Crippen LogP contribution >= 0.6 is 0 Å². The van der Waals surface area contributed by atoms with E-state index in [9.17, 15) is 0 Å². The summed E-state index contributed by atoms with van der Waals surface area (Å²) >= 11 is 0. The van der Waals surface area contributed by atoms with Gasteiger partial charge in [0, 0.05) is 6.42 Å². The van der Waals surface area contributed by atoms with E-state index in [4.69, 9.17) is 4.74 Å². The Morgan fingerprint density at radius 2 is 2.08 bits per heavy atom. The summed E-state index contributed by atoms with van der Waals surface area (Å²) in [4.78, 5) is 0. The zero-order valence-electron chi connectivity index (χ0n) is 7.65. The molecule has 0 spiro atoms. The van der Waals surface area contributed by atoms with E-state index >= 15 is 0 Å². The lowest BCUT2D eigenvalue weighted by molar-refractivity contribution is 0.124. The Kier molecular flexibility index (Phi) is 2.65. The minimum absolute atomic E-state index is 0.382. The van der Waals surface area contributed by atoms with Crippen molar-refractivity contribution in [2.75, 3.05) is 0 Å². The fourth-order valence-corrected chi connectivity index (χ4v) is 1.61. The minimum Gasteiger partial charge on any atom is -0.498 e. The smallest absolute Gasteiger partial charge is 0.102 e. The van der Waals surface area contributed by atoms with E-state index in [1.807, 2.05) is 12.3 Å². The Morgan fingerprint density at radius 1 is 1.23 bits per heavy atom. The third-order valence-corrected chi connectivity index (χ3v) is 2.33. The Bertz CT molecular complexity index is 276. The summed E-state index contributed by atoms with van der Waals surface area (Å²) < 4.78 is 5.50. The van der Waals surface area contributed by atoms with Gasteiger partial charge >= 0.3 is 0 Å². The Balaban J connectivity index is 1.94. The molecule has 2 rings (SSSR count). The van der Waals surface area contributed by atoms with Crippen LogP contribution in [0.3, 0.4) is 0 Å². The van der Waals surface area contributed by atoms with E-state index in [0.717, 1.165) is 19.3 Å². The highest BCUT2D eigenvalue weighted by atomic mass is 16.5. The minimum atomic E-state index is 0.382. The van der Waals surface area contributed by atoms with Gasteiger partial charge in [0.1, 0.15) is 6.10 Å². The lowest BCUT2D eigenvalue weighted by Gasteiger charge is -2.19. The van der Waals surface area contributed by atoms with Gasteiger partial charge in [-0.15, -0.1) is 0 Å². The maximum absolute atomic E-state index is 5.50. The Labute approximate surface area is 79.0 Å². The van der Waals surface area contributed by atoms with Crippen molar-refractivity contribution in [3.05, 3.63) is 48.2 Å². The van der Waals surface area contributed by atoms with E-state index < -0.39 is 0 Å². The lowest BCUT2D eigenvalue weighted by Crippen LogP contribution is -2.15. The molecule has 1 aromatic rings. The average Bonchev–Trinajstić information content (AvgIpc) is 2.21.